The highest BCUT2D eigenvalue weighted by atomic mass is 31.2. The predicted molar refractivity (Wildman–Crippen MR) is 235 cm³/mol. The van der Waals surface area contributed by atoms with Gasteiger partial charge in [-0.2, -0.15) is 0 Å². The number of carbonyl (C=O) groups excluding carboxylic acids is 3. The zero-order valence-electron chi connectivity index (χ0n) is 36.2. The quantitative estimate of drug-likeness (QED) is 0.0750. The molecule has 0 bridgehead atoms. The van der Waals surface area contributed by atoms with Crippen LogP contribution in [0.2, 0.25) is 0 Å². The van der Waals surface area contributed by atoms with Crippen molar-refractivity contribution in [2.45, 2.75) is 116 Å². The van der Waals surface area contributed by atoms with Crippen LogP contribution >= 0.6 is 7.52 Å². The number of hydrogen-bond donors (Lipinski definition) is 4. The Morgan fingerprint density at radius 3 is 2.23 bits per heavy atom. The number of ether oxygens (including phenoxy) is 3. The average Bonchev–Trinajstić information content (AvgIpc) is 3.92. The Kier molecular flexibility index (Phi) is 14.8. The van der Waals surface area contributed by atoms with Crippen molar-refractivity contribution in [1.82, 2.24) is 25.6 Å². The van der Waals surface area contributed by atoms with Crippen LogP contribution in [-0.2, 0) is 23.7 Å². The normalized spacial score (nSPS) is 19.2. The molecule has 4 N–H and O–H groups in total. The van der Waals surface area contributed by atoms with Crippen molar-refractivity contribution in [2.75, 3.05) is 13.7 Å². The van der Waals surface area contributed by atoms with E-state index in [0.717, 1.165) is 31.2 Å². The van der Waals surface area contributed by atoms with Gasteiger partial charge in [-0.3, -0.25) is 18.9 Å². The van der Waals surface area contributed by atoms with Crippen LogP contribution in [0.4, 0.5) is 4.79 Å². The molecule has 16 heteroatoms. The molecule has 2 fully saturated rings. The molecule has 6 atom stereocenters. The molecule has 15 nitrogen and oxygen atoms in total. The molecule has 6 rings (SSSR count). The molecule has 4 aromatic rings. The van der Waals surface area contributed by atoms with Crippen LogP contribution < -0.4 is 29.7 Å². The molecule has 1 aliphatic heterocycles. The van der Waals surface area contributed by atoms with E-state index >= 15 is 0 Å². The molecule has 2 heterocycles. The summed E-state index contributed by atoms with van der Waals surface area (Å²) in [5.74, 6) is -2.37. The zero-order valence-corrected chi connectivity index (χ0v) is 37.1. The molecular formula is C46H58N5O10P. The second-order valence-corrected chi connectivity index (χ2v) is 19.3. The largest absolute Gasteiger partial charge is 0.497 e. The lowest BCUT2D eigenvalue weighted by Crippen LogP contribution is -2.58. The van der Waals surface area contributed by atoms with Gasteiger partial charge < -0.3 is 39.4 Å². The van der Waals surface area contributed by atoms with Crippen molar-refractivity contribution in [2.24, 2.45) is 5.41 Å². The molecular weight excluding hydrogens is 814 g/mol. The second kappa shape index (κ2) is 20.0. The van der Waals surface area contributed by atoms with Crippen LogP contribution in [0.15, 0.2) is 84.9 Å². The van der Waals surface area contributed by atoms with Gasteiger partial charge in [0.05, 0.1) is 24.9 Å². The Hall–Kier alpha value is -5.66. The maximum absolute atomic E-state index is 14.9. The van der Waals surface area contributed by atoms with E-state index in [1.165, 1.54) is 11.8 Å². The Balaban J connectivity index is 1.36. The van der Waals surface area contributed by atoms with Gasteiger partial charge >= 0.3 is 19.6 Å². The van der Waals surface area contributed by atoms with Gasteiger partial charge in [-0.05, 0) is 68.7 Å². The lowest BCUT2D eigenvalue weighted by Gasteiger charge is -2.36. The number of carboxylic acid groups (broad SMARTS) is 1. The molecule has 332 valence electrons. The number of rotatable bonds is 17. The summed E-state index contributed by atoms with van der Waals surface area (Å²) in [6.45, 7) is 8.58. The smallest absolute Gasteiger partial charge is 0.408 e. The van der Waals surface area contributed by atoms with Crippen molar-refractivity contribution in [3.05, 3.63) is 84.9 Å². The molecule has 1 saturated carbocycles. The first-order chi connectivity index (χ1) is 29.6. The minimum atomic E-state index is -4.22. The Bertz CT molecular complexity index is 2250. The van der Waals surface area contributed by atoms with Crippen molar-refractivity contribution < 1.29 is 47.6 Å². The van der Waals surface area contributed by atoms with Crippen LogP contribution in [0.3, 0.4) is 0 Å². The van der Waals surface area contributed by atoms with Gasteiger partial charge in [0.25, 0.3) is 0 Å². The number of nitrogens with zero attached hydrogens (tertiary/aromatic N) is 2. The van der Waals surface area contributed by atoms with E-state index in [4.69, 9.17) is 23.7 Å². The van der Waals surface area contributed by atoms with Crippen LogP contribution in [-0.4, -0.2) is 88.6 Å². The van der Waals surface area contributed by atoms with Crippen molar-refractivity contribution in [3.8, 4) is 28.5 Å². The second-order valence-electron chi connectivity index (χ2n) is 17.0. The molecule has 1 aromatic heterocycles. The van der Waals surface area contributed by atoms with Gasteiger partial charge in [0.2, 0.25) is 11.8 Å². The number of fused-ring (bicyclic) bond motifs is 1. The summed E-state index contributed by atoms with van der Waals surface area (Å²) in [5, 5.41) is 18.9. The van der Waals surface area contributed by atoms with E-state index in [-0.39, 0.29) is 31.2 Å². The van der Waals surface area contributed by atoms with E-state index in [1.54, 1.807) is 43.5 Å². The van der Waals surface area contributed by atoms with Crippen LogP contribution in [0.5, 0.6) is 17.2 Å². The number of benzene rings is 3. The fourth-order valence-electron chi connectivity index (χ4n) is 7.84. The first-order valence-corrected chi connectivity index (χ1v) is 22.9. The summed E-state index contributed by atoms with van der Waals surface area (Å²) >= 11 is 0. The van der Waals surface area contributed by atoms with E-state index < -0.39 is 66.8 Å². The molecule has 0 radical (unpaired) electrons. The Labute approximate surface area is 362 Å². The summed E-state index contributed by atoms with van der Waals surface area (Å²) in [4.78, 5) is 61.4. The van der Waals surface area contributed by atoms with E-state index in [9.17, 15) is 28.8 Å². The highest BCUT2D eigenvalue weighted by Gasteiger charge is 2.48. The Morgan fingerprint density at radius 2 is 1.60 bits per heavy atom. The summed E-state index contributed by atoms with van der Waals surface area (Å²) in [5.41, 5.74) is 1.27. The lowest BCUT2D eigenvalue weighted by molar-refractivity contribution is -0.142. The summed E-state index contributed by atoms with van der Waals surface area (Å²) < 4.78 is 38.9. The molecule has 1 aliphatic carbocycles. The summed E-state index contributed by atoms with van der Waals surface area (Å²) in [7, 11) is -2.65. The number of nitrogens with one attached hydrogen (secondary N) is 3. The maximum Gasteiger partial charge on any atom is 0.408 e. The van der Waals surface area contributed by atoms with Crippen LogP contribution in [0.1, 0.15) is 79.6 Å². The minimum absolute atomic E-state index is 0.0171. The van der Waals surface area contributed by atoms with Crippen LogP contribution in [0, 0.1) is 5.41 Å². The third-order valence-electron chi connectivity index (χ3n) is 11.2. The van der Waals surface area contributed by atoms with Crippen LogP contribution in [0.25, 0.3) is 22.2 Å². The third kappa shape index (κ3) is 11.2. The van der Waals surface area contributed by atoms with Gasteiger partial charge in [-0.25, -0.2) is 14.9 Å². The van der Waals surface area contributed by atoms with Gasteiger partial charge in [-0.15, -0.1) is 0 Å². The molecule has 2 unspecified atom stereocenters. The van der Waals surface area contributed by atoms with E-state index in [2.05, 4.69) is 15.7 Å². The first kappa shape index (κ1) is 45.9. The van der Waals surface area contributed by atoms with Crippen molar-refractivity contribution in [1.29, 1.82) is 0 Å². The molecule has 2 aliphatic rings. The summed E-state index contributed by atoms with van der Waals surface area (Å²) in [6, 6.07) is 21.6. The topological polar surface area (TPSA) is 195 Å². The van der Waals surface area contributed by atoms with Gasteiger partial charge in [0.1, 0.15) is 53.4 Å². The average molecular weight is 872 g/mol. The maximum atomic E-state index is 14.9. The number of methoxy groups -OCH3 is 1. The fraction of sp³-hybridized carbons (Fsp3) is 0.457. The van der Waals surface area contributed by atoms with E-state index in [1.807, 2.05) is 76.2 Å². The minimum Gasteiger partial charge on any atom is -0.497 e. The molecule has 0 spiro atoms. The number of pyridine rings is 1. The van der Waals surface area contributed by atoms with Gasteiger partial charge in [0, 0.05) is 29.5 Å². The third-order valence-corrected chi connectivity index (χ3v) is 13.6. The number of para-hydroxylation sites is 1. The van der Waals surface area contributed by atoms with Crippen molar-refractivity contribution in [3.63, 3.8) is 0 Å². The highest BCUT2D eigenvalue weighted by molar-refractivity contribution is 7.58. The van der Waals surface area contributed by atoms with Gasteiger partial charge in [0.15, 0.2) is 0 Å². The monoisotopic (exact) mass is 871 g/mol. The fourth-order valence-corrected chi connectivity index (χ4v) is 10.2. The van der Waals surface area contributed by atoms with E-state index in [0.29, 0.717) is 34.5 Å². The summed E-state index contributed by atoms with van der Waals surface area (Å²) in [6.07, 6.45) is 2.29. The zero-order chi connectivity index (χ0) is 44.6. The number of alkyl carbamates (subject to hydrolysis) is 1. The number of carbonyl (C=O) groups is 4. The lowest BCUT2D eigenvalue weighted by atomic mass is 9.85. The number of aliphatic carboxylic acids is 1. The standard InChI is InChI=1S/C46H58N5O10P/c1-7-16-40(62(57,50-29(2)44(54)55)61-32-21-12-9-13-22-32)48-42(52)38-26-34(28-51(38)43(53)41(46(3,4)5)49-45(56)60-31-19-14-15-20-31)59-39-27-36(30-17-10-8-11-18-30)47-37-25-33(58-6)23-24-35(37)39/h8-13,17-18,21-25,27,29,31,34,38,40-41H,7,14-16,19-20,26,28H2,1-6H3,(H,48,52)(H,49,56)(H,50,57)(H,54,55)/t29-,34+,38-,40?,41+,62?/m0/s1. The number of carboxylic acids is 1. The van der Waals surface area contributed by atoms with Crippen molar-refractivity contribution >= 4 is 42.3 Å². The first-order valence-electron chi connectivity index (χ1n) is 21.2. The molecule has 62 heavy (non-hydrogen) atoms. The molecule has 1 saturated heterocycles. The van der Waals surface area contributed by atoms with Gasteiger partial charge in [-0.1, -0.05) is 82.6 Å². The highest BCUT2D eigenvalue weighted by Crippen LogP contribution is 2.49. The molecule has 3 amide bonds. The Morgan fingerprint density at radius 1 is 0.919 bits per heavy atom. The SMILES string of the molecule is CCCC(NC(=O)[C@@H]1C[C@@H](Oc2cc(-c3ccccc3)nc3cc(OC)ccc23)CN1C(=O)[C@@H](NC(=O)OC1CCCC1)C(C)(C)C)P(=O)(N[C@@H](C)C(=O)O)Oc1ccccc1. The molecule has 3 aromatic carbocycles. The number of likely N-dealkylation sites (tertiary alicyclic amines) is 1. The predicted octanol–water partition coefficient (Wildman–Crippen LogP) is 7.92. The number of hydrogen-bond acceptors (Lipinski definition) is 10. The number of aromatic nitrogens is 1. The number of amides is 3.